The van der Waals surface area contributed by atoms with Crippen LogP contribution in [0.4, 0.5) is 10.1 Å². The van der Waals surface area contributed by atoms with Gasteiger partial charge in [0.2, 0.25) is 11.8 Å². The minimum atomic E-state index is -0.359. The maximum atomic E-state index is 14.4. The highest BCUT2D eigenvalue weighted by Gasteiger charge is 2.24. The number of carbonyl (C=O) groups is 2. The quantitative estimate of drug-likeness (QED) is 0.523. The van der Waals surface area contributed by atoms with Crippen LogP contribution in [-0.2, 0) is 22.6 Å². The molecule has 3 rings (SSSR count). The highest BCUT2D eigenvalue weighted by molar-refractivity contribution is 7.09. The molecule has 2 heterocycles. The summed E-state index contributed by atoms with van der Waals surface area (Å²) in [5.74, 6) is 0.415. The highest BCUT2D eigenvalue weighted by atomic mass is 32.1. The zero-order chi connectivity index (χ0) is 26.2. The molecule has 0 unspecified atom stereocenters. The molecule has 8 heteroatoms. The third-order valence-electron chi connectivity index (χ3n) is 6.31. The number of fused-ring (bicyclic) bond motifs is 1. The lowest BCUT2D eigenvalue weighted by atomic mass is 10.1. The van der Waals surface area contributed by atoms with Gasteiger partial charge in [0.1, 0.15) is 5.82 Å². The van der Waals surface area contributed by atoms with Crippen LogP contribution >= 0.6 is 11.3 Å². The lowest BCUT2D eigenvalue weighted by Gasteiger charge is -2.32. The fourth-order valence-electron chi connectivity index (χ4n) is 4.79. The van der Waals surface area contributed by atoms with Gasteiger partial charge in [0.25, 0.3) is 0 Å². The van der Waals surface area contributed by atoms with E-state index in [1.165, 1.54) is 23.5 Å². The van der Waals surface area contributed by atoms with Crippen LogP contribution in [-0.4, -0.2) is 59.3 Å². The summed E-state index contributed by atoms with van der Waals surface area (Å²) in [6.07, 6.45) is 2.34. The summed E-state index contributed by atoms with van der Waals surface area (Å²) < 4.78 is 14.4. The molecule has 2 amide bonds. The predicted molar refractivity (Wildman–Crippen MR) is 145 cm³/mol. The zero-order valence-electron chi connectivity index (χ0n) is 22.4. The Kier molecular flexibility index (Phi) is 10.4. The minimum Gasteiger partial charge on any atom is -0.338 e. The molecule has 36 heavy (non-hydrogen) atoms. The first-order chi connectivity index (χ1) is 17.1. The number of nitrogens with zero attached hydrogens (tertiary/aromatic N) is 4. The first-order valence-corrected chi connectivity index (χ1v) is 14.0. The number of amides is 2. The number of rotatable bonds is 6. The Balaban J connectivity index is 1.95. The molecule has 198 valence electrons. The molecule has 1 aromatic heterocycles. The number of halogens is 1. The molecule has 2 aromatic rings. The van der Waals surface area contributed by atoms with Gasteiger partial charge in [0.05, 0.1) is 17.1 Å². The van der Waals surface area contributed by atoms with Gasteiger partial charge in [-0.2, -0.15) is 0 Å². The summed E-state index contributed by atoms with van der Waals surface area (Å²) in [5.41, 5.74) is 2.15. The van der Waals surface area contributed by atoms with Crippen LogP contribution in [0.2, 0.25) is 0 Å². The Labute approximate surface area is 219 Å². The number of benzene rings is 1. The lowest BCUT2D eigenvalue weighted by Crippen LogP contribution is -2.40. The molecule has 0 saturated heterocycles. The molecular formula is C28H41FN4O2S. The second-order valence-electron chi connectivity index (χ2n) is 10.7. The van der Waals surface area contributed by atoms with Gasteiger partial charge in [-0.3, -0.25) is 9.59 Å². The van der Waals surface area contributed by atoms with Crippen molar-refractivity contribution < 1.29 is 14.0 Å². The van der Waals surface area contributed by atoms with Crippen molar-refractivity contribution in [1.29, 1.82) is 0 Å². The summed E-state index contributed by atoms with van der Waals surface area (Å²) in [4.78, 5) is 37.3. The predicted octanol–water partition coefficient (Wildman–Crippen LogP) is 5.29. The third-order valence-corrected chi connectivity index (χ3v) is 7.13. The molecular weight excluding hydrogens is 475 g/mol. The van der Waals surface area contributed by atoms with E-state index in [4.69, 9.17) is 0 Å². The van der Waals surface area contributed by atoms with Gasteiger partial charge in [0, 0.05) is 43.7 Å². The molecule has 0 radical (unpaired) electrons. The van der Waals surface area contributed by atoms with Crippen LogP contribution in [0.25, 0.3) is 0 Å². The number of carbonyl (C=O) groups excluding carboxylic acids is 2. The van der Waals surface area contributed by atoms with E-state index in [2.05, 4.69) is 23.7 Å². The first-order valence-electron chi connectivity index (χ1n) is 13.1. The molecule has 1 aliphatic heterocycles. The Morgan fingerprint density at radius 1 is 1.03 bits per heavy atom. The SMILES string of the molecule is Cc1nc(CC(=O)N2CCCN(CC(C)C)CCCN(C(=O)CC(C)C)c3ccc(F)cc3C2)cs1. The fourth-order valence-corrected chi connectivity index (χ4v) is 5.40. The first kappa shape index (κ1) is 28.3. The molecule has 6 nitrogen and oxygen atoms in total. The van der Waals surface area contributed by atoms with Gasteiger partial charge >= 0.3 is 0 Å². The maximum absolute atomic E-state index is 14.4. The third kappa shape index (κ3) is 8.37. The molecule has 0 aliphatic carbocycles. The summed E-state index contributed by atoms with van der Waals surface area (Å²) >= 11 is 1.53. The smallest absolute Gasteiger partial charge is 0.228 e. The molecule has 0 N–H and O–H groups in total. The van der Waals surface area contributed by atoms with Gasteiger partial charge in [-0.25, -0.2) is 9.37 Å². The number of hydrogen-bond donors (Lipinski definition) is 0. The van der Waals surface area contributed by atoms with Crippen molar-refractivity contribution in [2.45, 2.75) is 66.8 Å². The Morgan fingerprint density at radius 2 is 1.75 bits per heavy atom. The topological polar surface area (TPSA) is 56.8 Å². The van der Waals surface area contributed by atoms with E-state index in [9.17, 15) is 14.0 Å². The monoisotopic (exact) mass is 516 g/mol. The van der Waals surface area contributed by atoms with E-state index in [1.54, 1.807) is 6.07 Å². The van der Waals surface area contributed by atoms with Gasteiger partial charge in [0.15, 0.2) is 0 Å². The average molecular weight is 517 g/mol. The van der Waals surface area contributed by atoms with Gasteiger partial charge in [-0.15, -0.1) is 11.3 Å². The van der Waals surface area contributed by atoms with Crippen molar-refractivity contribution in [2.75, 3.05) is 37.6 Å². The Hall–Kier alpha value is -2.32. The van der Waals surface area contributed by atoms with Crippen molar-refractivity contribution in [3.63, 3.8) is 0 Å². The summed E-state index contributed by atoms with van der Waals surface area (Å²) in [7, 11) is 0. The summed E-state index contributed by atoms with van der Waals surface area (Å²) in [5, 5.41) is 2.86. The zero-order valence-corrected chi connectivity index (χ0v) is 23.2. The van der Waals surface area contributed by atoms with E-state index in [0.717, 1.165) is 43.2 Å². The second-order valence-corrected chi connectivity index (χ2v) is 11.7. The van der Waals surface area contributed by atoms with E-state index in [0.29, 0.717) is 36.7 Å². The largest absolute Gasteiger partial charge is 0.338 e. The van der Waals surface area contributed by atoms with Crippen molar-refractivity contribution >= 4 is 28.8 Å². The maximum Gasteiger partial charge on any atom is 0.228 e. The standard InChI is InChI=1S/C28H41FN4O2S/c1-20(2)14-28(35)33-13-7-11-31(17-21(3)4)10-6-12-32(18-23-15-24(29)8-9-26(23)33)27(34)16-25-19-36-22(5)30-25/h8-9,15,19-21H,6-7,10-14,16-18H2,1-5H3. The van der Waals surface area contributed by atoms with Crippen molar-refractivity contribution in [1.82, 2.24) is 14.8 Å². The Bertz CT molecular complexity index is 1020. The van der Waals surface area contributed by atoms with E-state index in [-0.39, 0.29) is 36.5 Å². The van der Waals surface area contributed by atoms with E-state index in [1.807, 2.05) is 36.0 Å². The Morgan fingerprint density at radius 3 is 2.39 bits per heavy atom. The molecule has 0 spiro atoms. The van der Waals surface area contributed by atoms with Crippen LogP contribution < -0.4 is 4.90 Å². The molecule has 1 aliphatic rings. The number of thiazole rings is 1. The van der Waals surface area contributed by atoms with Gasteiger partial charge in [-0.1, -0.05) is 27.7 Å². The normalized spacial score (nSPS) is 16.1. The van der Waals surface area contributed by atoms with Gasteiger partial charge in [-0.05, 0) is 68.5 Å². The van der Waals surface area contributed by atoms with E-state index < -0.39 is 0 Å². The van der Waals surface area contributed by atoms with Crippen molar-refractivity contribution in [2.24, 2.45) is 11.8 Å². The van der Waals surface area contributed by atoms with Crippen LogP contribution in [0, 0.1) is 24.6 Å². The van der Waals surface area contributed by atoms with Crippen LogP contribution in [0.1, 0.15) is 63.2 Å². The number of anilines is 1. The molecule has 0 fully saturated rings. The van der Waals surface area contributed by atoms with E-state index >= 15 is 0 Å². The van der Waals surface area contributed by atoms with Crippen molar-refractivity contribution in [3.05, 3.63) is 45.7 Å². The fraction of sp³-hybridized carbons (Fsp3) is 0.607. The number of aromatic nitrogens is 1. The molecule has 0 bridgehead atoms. The van der Waals surface area contributed by atoms with Crippen molar-refractivity contribution in [3.8, 4) is 0 Å². The van der Waals surface area contributed by atoms with Crippen LogP contribution in [0.3, 0.4) is 0 Å². The molecule has 1 aromatic carbocycles. The van der Waals surface area contributed by atoms with Gasteiger partial charge < -0.3 is 14.7 Å². The second kappa shape index (κ2) is 13.3. The lowest BCUT2D eigenvalue weighted by molar-refractivity contribution is -0.131. The average Bonchev–Trinajstić information content (AvgIpc) is 3.19. The number of aryl methyl sites for hydroxylation is 1. The molecule has 0 saturated carbocycles. The van der Waals surface area contributed by atoms with Crippen LogP contribution in [0.5, 0.6) is 0 Å². The number of hydrogen-bond acceptors (Lipinski definition) is 5. The molecule has 0 atom stereocenters. The van der Waals surface area contributed by atoms with Crippen LogP contribution in [0.15, 0.2) is 23.6 Å². The highest BCUT2D eigenvalue weighted by Crippen LogP contribution is 2.26. The minimum absolute atomic E-state index is 0.0250. The summed E-state index contributed by atoms with van der Waals surface area (Å²) in [6, 6.07) is 4.59. The summed E-state index contributed by atoms with van der Waals surface area (Å²) in [6.45, 7) is 14.6.